The fourth-order valence-electron chi connectivity index (χ4n) is 2.89. The van der Waals surface area contributed by atoms with Crippen LogP contribution < -0.4 is 9.84 Å². The van der Waals surface area contributed by atoms with Crippen molar-refractivity contribution in [2.45, 2.75) is 20.8 Å². The molecule has 0 saturated carbocycles. The van der Waals surface area contributed by atoms with E-state index in [0.717, 1.165) is 22.4 Å². The lowest BCUT2D eigenvalue weighted by atomic mass is 10.00. The molecule has 0 bridgehead atoms. The number of pyridine rings is 1. The summed E-state index contributed by atoms with van der Waals surface area (Å²) in [6.45, 7) is 6.39. The van der Waals surface area contributed by atoms with Gasteiger partial charge in [-0.2, -0.15) is 0 Å². The molecule has 0 atom stereocenters. The van der Waals surface area contributed by atoms with E-state index in [4.69, 9.17) is 4.74 Å². The Morgan fingerprint density at radius 2 is 1.83 bits per heavy atom. The van der Waals surface area contributed by atoms with Crippen LogP contribution in [0.5, 0.6) is 5.75 Å². The van der Waals surface area contributed by atoms with Gasteiger partial charge in [0.1, 0.15) is 5.75 Å². The Kier molecular flexibility index (Phi) is 4.21. The van der Waals surface area contributed by atoms with Gasteiger partial charge in [-0.25, -0.2) is 4.98 Å². The molecule has 0 aliphatic carbocycles. The van der Waals surface area contributed by atoms with E-state index in [1.807, 2.05) is 57.2 Å². The molecule has 3 aromatic rings. The van der Waals surface area contributed by atoms with Crippen LogP contribution in [0.2, 0.25) is 0 Å². The van der Waals surface area contributed by atoms with Gasteiger partial charge < -0.3 is 14.6 Å². The molecule has 2 aromatic carbocycles. The molecule has 24 heavy (non-hydrogen) atoms. The van der Waals surface area contributed by atoms with Crippen LogP contribution in [0.25, 0.3) is 22.2 Å². The minimum Gasteiger partial charge on any atom is -0.545 e. The quantitative estimate of drug-likeness (QED) is 0.740. The molecule has 4 nitrogen and oxygen atoms in total. The Balaban J connectivity index is 2.20. The van der Waals surface area contributed by atoms with E-state index in [0.29, 0.717) is 23.2 Å². The zero-order chi connectivity index (χ0) is 17.3. The zero-order valence-electron chi connectivity index (χ0n) is 13.9. The minimum absolute atomic E-state index is 0.163. The van der Waals surface area contributed by atoms with E-state index in [2.05, 4.69) is 4.98 Å². The minimum atomic E-state index is -1.19. The van der Waals surface area contributed by atoms with Crippen LogP contribution in [0.1, 0.15) is 28.4 Å². The molecule has 0 spiro atoms. The lowest BCUT2D eigenvalue weighted by molar-refractivity contribution is -0.254. The van der Waals surface area contributed by atoms with Crippen LogP contribution in [0.4, 0.5) is 0 Å². The number of nitrogens with zero attached hydrogens (tertiary/aromatic N) is 1. The van der Waals surface area contributed by atoms with Gasteiger partial charge in [0.15, 0.2) is 0 Å². The highest BCUT2D eigenvalue weighted by atomic mass is 16.5. The summed E-state index contributed by atoms with van der Waals surface area (Å²) in [4.78, 5) is 16.3. The first kappa shape index (κ1) is 16.0. The number of aromatic nitrogens is 1. The Hall–Kier alpha value is -2.88. The maximum absolute atomic E-state index is 11.6. The van der Waals surface area contributed by atoms with E-state index in [1.165, 1.54) is 0 Å². The highest BCUT2D eigenvalue weighted by molar-refractivity contribution is 6.03. The van der Waals surface area contributed by atoms with Gasteiger partial charge >= 0.3 is 0 Å². The first-order valence-corrected chi connectivity index (χ1v) is 7.86. The van der Waals surface area contributed by atoms with Crippen molar-refractivity contribution in [3.8, 4) is 17.0 Å². The van der Waals surface area contributed by atoms with Crippen molar-refractivity contribution in [2.75, 3.05) is 6.61 Å². The molecule has 0 fully saturated rings. The molecule has 0 unspecified atom stereocenters. The van der Waals surface area contributed by atoms with Crippen molar-refractivity contribution in [3.05, 3.63) is 59.2 Å². The van der Waals surface area contributed by atoms with Crippen molar-refractivity contribution in [3.63, 3.8) is 0 Å². The number of rotatable bonds is 4. The van der Waals surface area contributed by atoms with Gasteiger partial charge in [0.05, 0.1) is 23.8 Å². The average Bonchev–Trinajstić information content (AvgIpc) is 2.55. The van der Waals surface area contributed by atoms with Gasteiger partial charge in [-0.05, 0) is 62.7 Å². The number of hydrogen-bond acceptors (Lipinski definition) is 4. The van der Waals surface area contributed by atoms with Crippen molar-refractivity contribution < 1.29 is 14.6 Å². The van der Waals surface area contributed by atoms with E-state index in [1.54, 1.807) is 6.07 Å². The summed E-state index contributed by atoms with van der Waals surface area (Å²) in [6, 6.07) is 12.9. The Labute approximate surface area is 140 Å². The van der Waals surface area contributed by atoms with Crippen LogP contribution in [-0.2, 0) is 0 Å². The van der Waals surface area contributed by atoms with Gasteiger partial charge in [0, 0.05) is 16.5 Å². The van der Waals surface area contributed by atoms with Gasteiger partial charge in [-0.1, -0.05) is 11.6 Å². The first-order chi connectivity index (χ1) is 11.5. The third kappa shape index (κ3) is 2.95. The monoisotopic (exact) mass is 320 g/mol. The summed E-state index contributed by atoms with van der Waals surface area (Å²) in [5, 5.41) is 12.2. The highest BCUT2D eigenvalue weighted by Gasteiger charge is 2.11. The van der Waals surface area contributed by atoms with Crippen molar-refractivity contribution >= 4 is 16.9 Å². The highest BCUT2D eigenvalue weighted by Crippen LogP contribution is 2.28. The maximum Gasteiger partial charge on any atom is 0.119 e. The van der Waals surface area contributed by atoms with Gasteiger partial charge in [-0.15, -0.1) is 0 Å². The maximum atomic E-state index is 11.6. The van der Waals surface area contributed by atoms with E-state index in [-0.39, 0.29) is 5.56 Å². The molecule has 1 aromatic heterocycles. The number of aryl methyl sites for hydroxylation is 2. The molecule has 4 heteroatoms. The van der Waals surface area contributed by atoms with Crippen LogP contribution in [0.15, 0.2) is 42.5 Å². The topological polar surface area (TPSA) is 62.2 Å². The third-order valence-corrected chi connectivity index (χ3v) is 3.93. The standard InChI is InChI=1S/C20H19NO3/c1-4-24-15-7-5-14(6-8-15)18-11-17(20(22)23)16-10-12(2)9-13(3)19(16)21-18/h5-11H,4H2,1-3H3,(H,22,23)/p-1. The number of hydrogen-bond donors (Lipinski definition) is 0. The SMILES string of the molecule is CCOc1ccc(-c2cc(C(=O)[O-])c3cc(C)cc(C)c3n2)cc1. The number of carboxylic acid groups (broad SMARTS) is 1. The molecular weight excluding hydrogens is 302 g/mol. The molecule has 122 valence electrons. The zero-order valence-corrected chi connectivity index (χ0v) is 13.9. The molecule has 0 saturated heterocycles. The fraction of sp³-hybridized carbons (Fsp3) is 0.200. The number of benzene rings is 2. The normalized spacial score (nSPS) is 10.8. The number of ether oxygens (including phenoxy) is 1. The largest absolute Gasteiger partial charge is 0.545 e. The first-order valence-electron chi connectivity index (χ1n) is 7.86. The summed E-state index contributed by atoms with van der Waals surface area (Å²) in [6.07, 6.45) is 0. The molecule has 1 heterocycles. The molecule has 3 rings (SSSR count). The van der Waals surface area contributed by atoms with E-state index < -0.39 is 5.97 Å². The average molecular weight is 320 g/mol. The number of aromatic carboxylic acids is 1. The van der Waals surface area contributed by atoms with Gasteiger partial charge in [0.25, 0.3) is 0 Å². The number of fused-ring (bicyclic) bond motifs is 1. The molecule has 0 radical (unpaired) electrons. The molecule has 0 aliphatic rings. The molecular formula is C20H18NO3-. The van der Waals surface area contributed by atoms with Crippen LogP contribution in [-0.4, -0.2) is 17.6 Å². The predicted molar refractivity (Wildman–Crippen MR) is 92.2 cm³/mol. The number of carboxylic acids is 1. The second-order valence-electron chi connectivity index (χ2n) is 5.78. The van der Waals surface area contributed by atoms with Crippen molar-refractivity contribution in [1.29, 1.82) is 0 Å². The fourth-order valence-corrected chi connectivity index (χ4v) is 2.89. The summed E-state index contributed by atoms with van der Waals surface area (Å²) in [7, 11) is 0. The van der Waals surface area contributed by atoms with Gasteiger partial charge in [-0.3, -0.25) is 0 Å². The van der Waals surface area contributed by atoms with Gasteiger partial charge in [0.2, 0.25) is 0 Å². The lowest BCUT2D eigenvalue weighted by Gasteiger charge is -2.13. The molecule has 0 N–H and O–H groups in total. The Bertz CT molecular complexity index is 914. The summed E-state index contributed by atoms with van der Waals surface area (Å²) < 4.78 is 5.44. The Morgan fingerprint density at radius 1 is 1.12 bits per heavy atom. The lowest BCUT2D eigenvalue weighted by Crippen LogP contribution is -2.23. The summed E-state index contributed by atoms with van der Waals surface area (Å²) in [5.74, 6) is -0.423. The summed E-state index contributed by atoms with van der Waals surface area (Å²) >= 11 is 0. The van der Waals surface area contributed by atoms with E-state index >= 15 is 0 Å². The van der Waals surface area contributed by atoms with E-state index in [9.17, 15) is 9.90 Å². The second-order valence-corrected chi connectivity index (χ2v) is 5.78. The number of carbonyl (C=O) groups is 1. The third-order valence-electron chi connectivity index (χ3n) is 3.93. The van der Waals surface area contributed by atoms with Crippen molar-refractivity contribution in [2.24, 2.45) is 0 Å². The second kappa shape index (κ2) is 6.32. The van der Waals surface area contributed by atoms with Crippen LogP contribution in [0.3, 0.4) is 0 Å². The smallest absolute Gasteiger partial charge is 0.119 e. The predicted octanol–water partition coefficient (Wildman–Crippen LogP) is 3.28. The van der Waals surface area contributed by atoms with Crippen molar-refractivity contribution in [1.82, 2.24) is 4.98 Å². The van der Waals surface area contributed by atoms with Crippen LogP contribution >= 0.6 is 0 Å². The van der Waals surface area contributed by atoms with Crippen LogP contribution in [0, 0.1) is 13.8 Å². The summed E-state index contributed by atoms with van der Waals surface area (Å²) in [5.41, 5.74) is 4.24. The Morgan fingerprint density at radius 3 is 2.46 bits per heavy atom. The molecule has 0 amide bonds. The number of carbonyl (C=O) groups excluding carboxylic acids is 1. The molecule has 0 aliphatic heterocycles.